The Morgan fingerprint density at radius 3 is 2.64 bits per heavy atom. The zero-order valence-electron chi connectivity index (χ0n) is 9.12. The lowest BCUT2D eigenvalue weighted by Gasteiger charge is -2.20. The minimum atomic E-state index is -0.0695. The van der Waals surface area contributed by atoms with Gasteiger partial charge in [-0.1, -0.05) is 38.0 Å². The first-order chi connectivity index (χ1) is 6.56. The Balaban J connectivity index is 2.99. The van der Waals surface area contributed by atoms with E-state index in [2.05, 4.69) is 13.8 Å². The maximum atomic E-state index is 9.67. The second kappa shape index (κ2) is 4.47. The molecule has 0 amide bonds. The molecule has 14 heavy (non-hydrogen) atoms. The van der Waals surface area contributed by atoms with Gasteiger partial charge in [-0.15, -0.1) is 0 Å². The van der Waals surface area contributed by atoms with Crippen LogP contribution in [0.3, 0.4) is 0 Å². The molecule has 0 bridgehead atoms. The average molecular weight is 193 g/mol. The maximum Gasteiger partial charge on any atom is 0.120 e. The molecule has 78 valence electrons. The highest BCUT2D eigenvalue weighted by molar-refractivity contribution is 5.38. The number of phenolic OH excluding ortho intramolecular Hbond substituents is 1. The van der Waals surface area contributed by atoms with Gasteiger partial charge in [0, 0.05) is 11.6 Å². The summed E-state index contributed by atoms with van der Waals surface area (Å²) in [4.78, 5) is 0. The zero-order valence-corrected chi connectivity index (χ0v) is 9.12. The van der Waals surface area contributed by atoms with Gasteiger partial charge in [0.1, 0.15) is 5.75 Å². The molecule has 0 aliphatic rings. The maximum absolute atomic E-state index is 9.67. The van der Waals surface area contributed by atoms with Gasteiger partial charge in [-0.05, 0) is 18.9 Å². The predicted molar refractivity (Wildman–Crippen MR) is 59.2 cm³/mol. The quantitative estimate of drug-likeness (QED) is 0.775. The average Bonchev–Trinajstić information content (AvgIpc) is 2.19. The monoisotopic (exact) mass is 193 g/mol. The number of phenols is 1. The van der Waals surface area contributed by atoms with Gasteiger partial charge >= 0.3 is 0 Å². The van der Waals surface area contributed by atoms with Crippen molar-refractivity contribution in [1.82, 2.24) is 0 Å². The summed E-state index contributed by atoms with van der Waals surface area (Å²) < 4.78 is 0. The minimum Gasteiger partial charge on any atom is -0.508 e. The van der Waals surface area contributed by atoms with Gasteiger partial charge < -0.3 is 10.8 Å². The van der Waals surface area contributed by atoms with Crippen molar-refractivity contribution in [3.63, 3.8) is 0 Å². The summed E-state index contributed by atoms with van der Waals surface area (Å²) in [6.07, 6.45) is 1.02. The Hall–Kier alpha value is -1.02. The van der Waals surface area contributed by atoms with Crippen LogP contribution in [-0.4, -0.2) is 5.11 Å². The summed E-state index contributed by atoms with van der Waals surface area (Å²) in [6, 6.07) is 5.50. The van der Waals surface area contributed by atoms with Crippen LogP contribution in [0.1, 0.15) is 37.4 Å². The molecule has 2 heteroatoms. The lowest BCUT2D eigenvalue weighted by Crippen LogP contribution is -2.18. The first-order valence-electron chi connectivity index (χ1n) is 5.11. The summed E-state index contributed by atoms with van der Waals surface area (Å²) in [5.74, 6) is 0.700. The SMILES string of the molecule is CCC(C)[C@@H](N)c1cc(C)ccc1O. The van der Waals surface area contributed by atoms with E-state index < -0.39 is 0 Å². The van der Waals surface area contributed by atoms with E-state index in [0.717, 1.165) is 17.5 Å². The Kier molecular flexibility index (Phi) is 3.53. The van der Waals surface area contributed by atoms with Crippen molar-refractivity contribution in [1.29, 1.82) is 0 Å². The highest BCUT2D eigenvalue weighted by atomic mass is 16.3. The third-order valence-electron chi connectivity index (χ3n) is 2.80. The van der Waals surface area contributed by atoms with E-state index in [1.54, 1.807) is 6.07 Å². The number of aromatic hydroxyl groups is 1. The Bertz CT molecular complexity index is 309. The standard InChI is InChI=1S/C12H19NO/c1-4-9(3)12(13)10-7-8(2)5-6-11(10)14/h5-7,9,12,14H,4,13H2,1-3H3/t9?,12-/m1/s1. The van der Waals surface area contributed by atoms with Gasteiger partial charge in [-0.3, -0.25) is 0 Å². The number of rotatable bonds is 3. The smallest absolute Gasteiger partial charge is 0.120 e. The molecule has 0 saturated heterocycles. The second-order valence-electron chi connectivity index (χ2n) is 3.97. The Morgan fingerprint density at radius 2 is 2.07 bits per heavy atom. The van der Waals surface area contributed by atoms with Crippen LogP contribution in [0, 0.1) is 12.8 Å². The van der Waals surface area contributed by atoms with E-state index in [9.17, 15) is 5.11 Å². The van der Waals surface area contributed by atoms with E-state index in [4.69, 9.17) is 5.73 Å². The topological polar surface area (TPSA) is 46.2 Å². The fourth-order valence-electron chi connectivity index (χ4n) is 1.50. The lowest BCUT2D eigenvalue weighted by atomic mass is 9.92. The lowest BCUT2D eigenvalue weighted by molar-refractivity contribution is 0.419. The first-order valence-corrected chi connectivity index (χ1v) is 5.11. The van der Waals surface area contributed by atoms with E-state index in [1.165, 1.54) is 0 Å². The van der Waals surface area contributed by atoms with Crippen molar-refractivity contribution in [2.24, 2.45) is 11.7 Å². The molecular weight excluding hydrogens is 174 g/mol. The van der Waals surface area contributed by atoms with Crippen LogP contribution in [0.25, 0.3) is 0 Å². The van der Waals surface area contributed by atoms with E-state index >= 15 is 0 Å². The molecule has 0 saturated carbocycles. The number of aryl methyl sites for hydroxylation is 1. The van der Waals surface area contributed by atoms with Crippen LogP contribution in [0.5, 0.6) is 5.75 Å². The van der Waals surface area contributed by atoms with Gasteiger partial charge in [0.25, 0.3) is 0 Å². The number of benzene rings is 1. The van der Waals surface area contributed by atoms with Crippen molar-refractivity contribution < 1.29 is 5.11 Å². The van der Waals surface area contributed by atoms with Crippen LogP contribution < -0.4 is 5.73 Å². The fraction of sp³-hybridized carbons (Fsp3) is 0.500. The van der Waals surface area contributed by atoms with E-state index in [-0.39, 0.29) is 6.04 Å². The van der Waals surface area contributed by atoms with E-state index in [1.807, 2.05) is 19.1 Å². The van der Waals surface area contributed by atoms with Crippen molar-refractivity contribution >= 4 is 0 Å². The summed E-state index contributed by atoms with van der Waals surface area (Å²) in [5, 5.41) is 9.67. The molecule has 2 atom stereocenters. The predicted octanol–water partition coefficient (Wildman–Crippen LogP) is 2.75. The highest BCUT2D eigenvalue weighted by Crippen LogP contribution is 2.29. The molecule has 0 aliphatic carbocycles. The van der Waals surface area contributed by atoms with Crippen LogP contribution in [-0.2, 0) is 0 Å². The van der Waals surface area contributed by atoms with Gasteiger partial charge in [0.2, 0.25) is 0 Å². The van der Waals surface area contributed by atoms with Crippen molar-refractivity contribution in [2.75, 3.05) is 0 Å². The molecular formula is C12H19NO. The molecule has 0 aliphatic heterocycles. The van der Waals surface area contributed by atoms with Gasteiger partial charge in [0.05, 0.1) is 0 Å². The molecule has 0 radical (unpaired) electrons. The van der Waals surface area contributed by atoms with Crippen molar-refractivity contribution in [3.8, 4) is 5.75 Å². The Morgan fingerprint density at radius 1 is 1.43 bits per heavy atom. The fourth-order valence-corrected chi connectivity index (χ4v) is 1.50. The summed E-state index contributed by atoms with van der Waals surface area (Å²) in [7, 11) is 0. The molecule has 1 aromatic rings. The number of hydrogen-bond acceptors (Lipinski definition) is 2. The molecule has 0 heterocycles. The van der Waals surface area contributed by atoms with Crippen LogP contribution in [0.2, 0.25) is 0 Å². The minimum absolute atomic E-state index is 0.0695. The van der Waals surface area contributed by atoms with Crippen LogP contribution >= 0.6 is 0 Å². The normalized spacial score (nSPS) is 15.1. The van der Waals surface area contributed by atoms with Gasteiger partial charge in [-0.25, -0.2) is 0 Å². The van der Waals surface area contributed by atoms with E-state index in [0.29, 0.717) is 11.7 Å². The summed E-state index contributed by atoms with van der Waals surface area (Å²) in [5.41, 5.74) is 8.05. The molecule has 1 aromatic carbocycles. The largest absolute Gasteiger partial charge is 0.508 e. The first kappa shape index (κ1) is 11.1. The third kappa shape index (κ3) is 2.26. The Labute approximate surface area is 85.8 Å². The third-order valence-corrected chi connectivity index (χ3v) is 2.80. The summed E-state index contributed by atoms with van der Waals surface area (Å²) >= 11 is 0. The van der Waals surface area contributed by atoms with Crippen molar-refractivity contribution in [3.05, 3.63) is 29.3 Å². The zero-order chi connectivity index (χ0) is 10.7. The number of nitrogens with two attached hydrogens (primary N) is 1. The highest BCUT2D eigenvalue weighted by Gasteiger charge is 2.16. The molecule has 1 unspecified atom stereocenters. The second-order valence-corrected chi connectivity index (χ2v) is 3.97. The molecule has 2 nitrogen and oxygen atoms in total. The molecule has 0 aromatic heterocycles. The van der Waals surface area contributed by atoms with Crippen LogP contribution in [0.4, 0.5) is 0 Å². The summed E-state index contributed by atoms with van der Waals surface area (Å²) in [6.45, 7) is 6.22. The number of hydrogen-bond donors (Lipinski definition) is 2. The van der Waals surface area contributed by atoms with Crippen molar-refractivity contribution in [2.45, 2.75) is 33.2 Å². The van der Waals surface area contributed by atoms with Gasteiger partial charge in [-0.2, -0.15) is 0 Å². The molecule has 3 N–H and O–H groups in total. The molecule has 1 rings (SSSR count). The molecule has 0 spiro atoms. The van der Waals surface area contributed by atoms with Gasteiger partial charge in [0.15, 0.2) is 0 Å². The molecule has 0 fully saturated rings. The van der Waals surface area contributed by atoms with Crippen LogP contribution in [0.15, 0.2) is 18.2 Å².